The third kappa shape index (κ3) is 5.83. The van der Waals surface area contributed by atoms with Crippen LogP contribution >= 0.6 is 0 Å². The van der Waals surface area contributed by atoms with Crippen molar-refractivity contribution in [3.8, 4) is 0 Å². The van der Waals surface area contributed by atoms with Crippen LogP contribution in [0.5, 0.6) is 0 Å². The van der Waals surface area contributed by atoms with Gasteiger partial charge in [0.1, 0.15) is 22.4 Å². The van der Waals surface area contributed by atoms with Gasteiger partial charge in [0.05, 0.1) is 13.2 Å². The van der Waals surface area contributed by atoms with Crippen LogP contribution in [0.2, 0.25) is 0 Å². The second kappa shape index (κ2) is 12.8. The Labute approximate surface area is 258 Å². The fourth-order valence-electron chi connectivity index (χ4n) is 7.16. The van der Waals surface area contributed by atoms with E-state index in [-0.39, 0.29) is 0 Å². The zero-order valence-corrected chi connectivity index (χ0v) is 25.8. The largest absolute Gasteiger partial charge is 0.366 e. The number of ether oxygens (including phenoxy) is 3. The number of hydrogen-bond donors (Lipinski definition) is 0. The van der Waals surface area contributed by atoms with Gasteiger partial charge in [-0.1, -0.05) is 161 Å². The van der Waals surface area contributed by atoms with Crippen molar-refractivity contribution in [1.29, 1.82) is 0 Å². The molecule has 4 aromatic carbocycles. The Balaban J connectivity index is 1.61. The van der Waals surface area contributed by atoms with Crippen LogP contribution in [0.1, 0.15) is 74.6 Å². The number of unbranched alkanes of at least 4 members (excludes halogenated alkanes) is 2. The van der Waals surface area contributed by atoms with Gasteiger partial charge in [0.2, 0.25) is 0 Å². The molecule has 2 heterocycles. The van der Waals surface area contributed by atoms with Gasteiger partial charge >= 0.3 is 0 Å². The Bertz CT molecular complexity index is 1300. The Morgan fingerprint density at radius 3 is 1.16 bits per heavy atom. The van der Waals surface area contributed by atoms with Crippen molar-refractivity contribution >= 4 is 0 Å². The average Bonchev–Trinajstić information content (AvgIpc) is 4.01. The van der Waals surface area contributed by atoms with E-state index in [0.29, 0.717) is 13.2 Å². The molecule has 0 radical (unpaired) electrons. The summed E-state index contributed by atoms with van der Waals surface area (Å²) >= 11 is 0. The van der Waals surface area contributed by atoms with Crippen LogP contribution in [0.25, 0.3) is 0 Å². The van der Waals surface area contributed by atoms with Gasteiger partial charge in [0.25, 0.3) is 0 Å². The third-order valence-electron chi connectivity index (χ3n) is 9.75. The second-order valence-corrected chi connectivity index (χ2v) is 12.6. The molecule has 4 unspecified atom stereocenters. The van der Waals surface area contributed by atoms with Crippen LogP contribution in [-0.4, -0.2) is 24.4 Å². The van der Waals surface area contributed by atoms with E-state index >= 15 is 0 Å². The first-order valence-corrected chi connectivity index (χ1v) is 16.3. The van der Waals surface area contributed by atoms with Crippen LogP contribution in [0, 0.1) is 0 Å². The van der Waals surface area contributed by atoms with Crippen molar-refractivity contribution in [3.63, 3.8) is 0 Å². The van der Waals surface area contributed by atoms with Crippen molar-refractivity contribution in [2.75, 3.05) is 13.2 Å². The van der Waals surface area contributed by atoms with Gasteiger partial charge in [-0.2, -0.15) is 0 Å². The smallest absolute Gasteiger partial charge is 0.130 e. The van der Waals surface area contributed by atoms with E-state index in [1.807, 2.05) is 0 Å². The highest BCUT2D eigenvalue weighted by Crippen LogP contribution is 2.61. The highest BCUT2D eigenvalue weighted by Gasteiger charge is 2.70. The standard InChI is InChI=1S/C40H46O3/c1-3-5-27-37(31-41-37)39(35-23-15-9-16-24-35,29-33-19-11-7-12-20-33)43-40(36-25-17-10-18-26-36,30-34-21-13-8-14-22-34)38(32-42-38)28-6-4-2/h7-26H,3-6,27-32H2,1-2H3. The lowest BCUT2D eigenvalue weighted by Gasteiger charge is -2.50. The third-order valence-corrected chi connectivity index (χ3v) is 9.75. The van der Waals surface area contributed by atoms with E-state index in [4.69, 9.17) is 14.2 Å². The average molecular weight is 575 g/mol. The maximum absolute atomic E-state index is 8.20. The van der Waals surface area contributed by atoms with E-state index < -0.39 is 22.4 Å². The van der Waals surface area contributed by atoms with E-state index in [9.17, 15) is 0 Å². The number of benzene rings is 4. The van der Waals surface area contributed by atoms with E-state index in [2.05, 4.69) is 135 Å². The molecule has 0 spiro atoms. The Morgan fingerprint density at radius 2 is 0.860 bits per heavy atom. The molecule has 0 N–H and O–H groups in total. The van der Waals surface area contributed by atoms with Gasteiger partial charge in [0.15, 0.2) is 0 Å². The van der Waals surface area contributed by atoms with Crippen molar-refractivity contribution in [3.05, 3.63) is 144 Å². The molecule has 0 saturated carbocycles. The minimum absolute atomic E-state index is 0.433. The van der Waals surface area contributed by atoms with Crippen LogP contribution in [0.3, 0.4) is 0 Å². The molecule has 4 atom stereocenters. The van der Waals surface area contributed by atoms with Gasteiger partial charge in [-0.15, -0.1) is 0 Å². The zero-order chi connectivity index (χ0) is 29.6. The summed E-state index contributed by atoms with van der Waals surface area (Å²) in [4.78, 5) is 0. The van der Waals surface area contributed by atoms with Gasteiger partial charge in [0, 0.05) is 12.8 Å². The Hall–Kier alpha value is -3.24. The predicted molar refractivity (Wildman–Crippen MR) is 174 cm³/mol. The van der Waals surface area contributed by atoms with Crippen LogP contribution in [0.15, 0.2) is 121 Å². The number of epoxide rings is 2. The lowest BCUT2D eigenvalue weighted by atomic mass is 9.70. The van der Waals surface area contributed by atoms with E-state index in [1.54, 1.807) is 0 Å². The summed E-state index contributed by atoms with van der Waals surface area (Å²) in [6.07, 6.45) is 7.72. The van der Waals surface area contributed by atoms with Crippen LogP contribution in [0.4, 0.5) is 0 Å². The number of rotatable bonds is 16. The molecular weight excluding hydrogens is 528 g/mol. The summed E-state index contributed by atoms with van der Waals surface area (Å²) < 4.78 is 21.5. The Morgan fingerprint density at radius 1 is 0.535 bits per heavy atom. The summed E-state index contributed by atoms with van der Waals surface area (Å²) in [6, 6.07) is 43.5. The first-order chi connectivity index (χ1) is 21.1. The van der Waals surface area contributed by atoms with Gasteiger partial charge < -0.3 is 14.2 Å². The lowest BCUT2D eigenvalue weighted by Crippen LogP contribution is -2.58. The van der Waals surface area contributed by atoms with E-state index in [0.717, 1.165) is 51.4 Å². The molecule has 4 aromatic rings. The molecule has 0 aromatic heterocycles. The van der Waals surface area contributed by atoms with Crippen LogP contribution in [-0.2, 0) is 38.3 Å². The fraction of sp³-hybridized carbons (Fsp3) is 0.400. The highest BCUT2D eigenvalue weighted by atomic mass is 16.7. The number of hydrogen-bond acceptors (Lipinski definition) is 3. The first kappa shape index (κ1) is 29.8. The molecule has 2 aliphatic heterocycles. The molecule has 0 aliphatic carbocycles. The SMILES string of the molecule is CCCCC1(C(Cc2ccccc2)(OC(Cc2ccccc2)(c2ccccc2)C2(CCCC)CO2)c2ccccc2)CO1. The molecule has 224 valence electrons. The fourth-order valence-corrected chi connectivity index (χ4v) is 7.16. The Kier molecular flexibility index (Phi) is 8.86. The summed E-state index contributed by atoms with van der Waals surface area (Å²) in [5.74, 6) is 0. The van der Waals surface area contributed by atoms with Crippen LogP contribution < -0.4 is 0 Å². The van der Waals surface area contributed by atoms with E-state index in [1.165, 1.54) is 22.3 Å². The molecule has 2 fully saturated rings. The van der Waals surface area contributed by atoms with Crippen molar-refractivity contribution in [2.45, 2.75) is 87.6 Å². The van der Waals surface area contributed by atoms with Gasteiger partial charge in [-0.3, -0.25) is 0 Å². The second-order valence-electron chi connectivity index (χ2n) is 12.6. The van der Waals surface area contributed by atoms with Gasteiger partial charge in [-0.05, 0) is 35.1 Å². The van der Waals surface area contributed by atoms with Crippen molar-refractivity contribution in [1.82, 2.24) is 0 Å². The van der Waals surface area contributed by atoms with Crippen molar-refractivity contribution < 1.29 is 14.2 Å². The summed E-state index contributed by atoms with van der Waals surface area (Å²) in [6.45, 7) is 5.90. The minimum atomic E-state index is -0.736. The quantitative estimate of drug-likeness (QED) is 0.125. The molecule has 43 heavy (non-hydrogen) atoms. The van der Waals surface area contributed by atoms with Crippen molar-refractivity contribution in [2.24, 2.45) is 0 Å². The highest BCUT2D eigenvalue weighted by molar-refractivity contribution is 5.39. The predicted octanol–water partition coefficient (Wildman–Crippen LogP) is 9.20. The molecule has 3 heteroatoms. The molecule has 0 amide bonds. The maximum atomic E-state index is 8.20. The monoisotopic (exact) mass is 574 g/mol. The lowest BCUT2D eigenvalue weighted by molar-refractivity contribution is -0.229. The molecule has 0 bridgehead atoms. The summed E-state index contributed by atoms with van der Waals surface area (Å²) in [5.41, 5.74) is 2.51. The minimum Gasteiger partial charge on any atom is -0.366 e. The first-order valence-electron chi connectivity index (χ1n) is 16.3. The van der Waals surface area contributed by atoms with Gasteiger partial charge in [-0.25, -0.2) is 0 Å². The normalized spacial score (nSPS) is 23.7. The topological polar surface area (TPSA) is 34.3 Å². The molecular formula is C40H46O3. The molecule has 3 nitrogen and oxygen atoms in total. The maximum Gasteiger partial charge on any atom is 0.130 e. The molecule has 2 aliphatic rings. The zero-order valence-electron chi connectivity index (χ0n) is 25.8. The molecule has 2 saturated heterocycles. The summed E-state index contributed by atoms with van der Waals surface area (Å²) in [5, 5.41) is 0. The molecule has 6 rings (SSSR count). The summed E-state index contributed by atoms with van der Waals surface area (Å²) in [7, 11) is 0.